The third kappa shape index (κ3) is 4.06. The van der Waals surface area contributed by atoms with E-state index < -0.39 is 19.7 Å². The molecule has 9 heteroatoms. The molecule has 0 aromatic carbocycles. The maximum Gasteiger partial charge on any atom is 0.439 e. The Kier molecular flexibility index (Phi) is 4.67. The molecule has 1 unspecified atom stereocenters. The van der Waals surface area contributed by atoms with Crippen molar-refractivity contribution in [3.8, 4) is 0 Å². The number of nitrogens with zero attached hydrogens (tertiary/aromatic N) is 3. The summed E-state index contributed by atoms with van der Waals surface area (Å²) in [6, 6.07) is 0. The zero-order valence-corrected chi connectivity index (χ0v) is 10.6. The zero-order valence-electron chi connectivity index (χ0n) is 9.73. The third-order valence-corrected chi connectivity index (χ3v) is 2.11. The number of hydrogen-bond donors (Lipinski definition) is 1. The van der Waals surface area contributed by atoms with Crippen molar-refractivity contribution in [1.29, 1.82) is 0 Å². The molecule has 1 aromatic rings. The van der Waals surface area contributed by atoms with Crippen molar-refractivity contribution in [3.05, 3.63) is 18.2 Å². The Morgan fingerprint density at radius 1 is 1.61 bits per heavy atom. The maximum atomic E-state index is 11.3. The van der Waals surface area contributed by atoms with Crippen LogP contribution in [0, 0.1) is 0 Å². The Morgan fingerprint density at radius 2 is 2.28 bits per heavy atom. The summed E-state index contributed by atoms with van der Waals surface area (Å²) in [7, 11) is -1.60. The second-order valence-electron chi connectivity index (χ2n) is 3.32. The van der Waals surface area contributed by atoms with E-state index in [4.69, 9.17) is 0 Å². The Hall–Kier alpha value is -2.08. The fourth-order valence-electron chi connectivity index (χ4n) is 0.938. The monoisotopic (exact) mass is 272 g/mol. The van der Waals surface area contributed by atoms with Crippen LogP contribution in [0.4, 0.5) is 4.79 Å². The van der Waals surface area contributed by atoms with Crippen molar-refractivity contribution in [1.82, 2.24) is 14.8 Å². The first-order valence-corrected chi connectivity index (χ1v) is 6.68. The van der Waals surface area contributed by atoms with Crippen molar-refractivity contribution in [2.45, 2.75) is 6.92 Å². The number of ether oxygens (including phenoxy) is 1. The van der Waals surface area contributed by atoms with Crippen molar-refractivity contribution < 1.29 is 24.0 Å². The molecule has 1 aromatic heterocycles. The minimum atomic E-state index is -1.60. The van der Waals surface area contributed by atoms with E-state index in [0.717, 1.165) is 17.1 Å². The Labute approximate surface area is 103 Å². The number of hydrogen-bond acceptors (Lipinski definition) is 7. The summed E-state index contributed by atoms with van der Waals surface area (Å²) in [5.41, 5.74) is 0. The van der Waals surface area contributed by atoms with Gasteiger partial charge in [-0.25, -0.2) is 9.78 Å². The highest BCUT2D eigenvalue weighted by atomic mass is 31.1. The van der Waals surface area contributed by atoms with E-state index in [2.05, 4.69) is 14.8 Å². The molecule has 0 saturated heterocycles. The minimum Gasteiger partial charge on any atom is -0.504 e. The molecule has 0 aliphatic heterocycles. The Bertz CT molecular complexity index is 522. The molecular weight excluding hydrogens is 261 g/mol. The van der Waals surface area contributed by atoms with Crippen LogP contribution < -0.4 is 0 Å². The zero-order chi connectivity index (χ0) is 13.7. The van der Waals surface area contributed by atoms with Crippen LogP contribution in [-0.2, 0) is 14.1 Å². The first-order valence-electron chi connectivity index (χ1n) is 4.79. The summed E-state index contributed by atoms with van der Waals surface area (Å²) in [6.07, 6.45) is 0.853. The van der Waals surface area contributed by atoms with Crippen molar-refractivity contribution in [3.63, 3.8) is 0 Å². The molecule has 0 amide bonds. The Balaban J connectivity index is 2.77. The van der Waals surface area contributed by atoms with Crippen LogP contribution >= 0.6 is 7.80 Å². The molecule has 0 aliphatic carbocycles. The smallest absolute Gasteiger partial charge is 0.439 e. The van der Waals surface area contributed by atoms with Gasteiger partial charge in [-0.05, 0) is 6.92 Å². The number of aliphatic hydroxyl groups excluding tert-OH is 1. The molecule has 1 rings (SSSR count). The van der Waals surface area contributed by atoms with Crippen molar-refractivity contribution >= 4 is 25.4 Å². The van der Waals surface area contributed by atoms with Crippen LogP contribution in [0.3, 0.4) is 0 Å². The van der Waals surface area contributed by atoms with Crippen LogP contribution in [0.25, 0.3) is 5.76 Å². The number of carbonyl (C=O) groups excluding carboxylic acids is 2. The van der Waals surface area contributed by atoms with Crippen LogP contribution in [0.1, 0.15) is 12.7 Å². The molecule has 0 aliphatic rings. The Morgan fingerprint density at radius 3 is 2.83 bits per heavy atom. The molecule has 0 saturated carbocycles. The van der Waals surface area contributed by atoms with E-state index in [-0.39, 0.29) is 18.0 Å². The minimum absolute atomic E-state index is 0.178. The van der Waals surface area contributed by atoms with E-state index in [1.54, 1.807) is 0 Å². The summed E-state index contributed by atoms with van der Waals surface area (Å²) < 4.78 is 16.1. The normalized spacial score (nSPS) is 12.1. The lowest BCUT2D eigenvalue weighted by Gasteiger charge is -1.96. The van der Waals surface area contributed by atoms with Gasteiger partial charge in [0.05, 0.1) is 0 Å². The second-order valence-corrected chi connectivity index (χ2v) is 4.83. The lowest BCUT2D eigenvalue weighted by Crippen LogP contribution is -2.14. The van der Waals surface area contributed by atoms with E-state index >= 15 is 0 Å². The third-order valence-electron chi connectivity index (χ3n) is 1.62. The van der Waals surface area contributed by atoms with Crippen LogP contribution in [-0.4, -0.2) is 44.8 Å². The molecule has 0 spiro atoms. The van der Waals surface area contributed by atoms with Crippen LogP contribution in [0.15, 0.2) is 12.4 Å². The lowest BCUT2D eigenvalue weighted by atomic mass is 10.3. The van der Waals surface area contributed by atoms with Gasteiger partial charge in [0.15, 0.2) is 11.5 Å². The average molecular weight is 272 g/mol. The molecular formula is C9H11N3O5P+. The number of aliphatic hydroxyl groups is 1. The van der Waals surface area contributed by atoms with Gasteiger partial charge in [-0.1, -0.05) is 4.57 Å². The first kappa shape index (κ1) is 14.0. The van der Waals surface area contributed by atoms with Crippen LogP contribution in [0.2, 0.25) is 0 Å². The van der Waals surface area contributed by atoms with Gasteiger partial charge in [0.25, 0.3) is 6.35 Å². The molecule has 0 bridgehead atoms. The van der Waals surface area contributed by atoms with E-state index in [1.807, 2.05) is 0 Å². The number of carbonyl (C=O) groups is 2. The topological polar surface area (TPSA) is 111 Å². The standard InChI is InChI=1S/C9H10N3O5P/c1-6(13)3-7(14)8-10-4-12(11-8)9(15)17-5-18(2)16/h3-4H,5H2,1-2H3/p+1. The van der Waals surface area contributed by atoms with Gasteiger partial charge in [0.2, 0.25) is 5.82 Å². The fourth-order valence-corrected chi connectivity index (χ4v) is 1.23. The summed E-state index contributed by atoms with van der Waals surface area (Å²) in [5.74, 6) is -1.01. The maximum absolute atomic E-state index is 11.3. The fraction of sp³-hybridized carbons (Fsp3) is 0.333. The van der Waals surface area contributed by atoms with Gasteiger partial charge in [-0.3, -0.25) is 4.79 Å². The molecule has 1 atom stereocenters. The SMILES string of the molecule is CC(=O)/C=C(\O)c1ncn(C(=O)OC[P+](C)=O)n1. The number of allylic oxidation sites excluding steroid dienone is 1. The molecule has 1 N–H and O–H groups in total. The van der Waals surface area contributed by atoms with Gasteiger partial charge in [0, 0.05) is 6.08 Å². The molecule has 0 fully saturated rings. The molecule has 18 heavy (non-hydrogen) atoms. The summed E-state index contributed by atoms with van der Waals surface area (Å²) in [4.78, 5) is 25.7. The summed E-state index contributed by atoms with van der Waals surface area (Å²) in [5, 5.41) is 13.0. The van der Waals surface area contributed by atoms with Crippen molar-refractivity contribution in [2.24, 2.45) is 0 Å². The average Bonchev–Trinajstić information content (AvgIpc) is 2.74. The highest BCUT2D eigenvalue weighted by Gasteiger charge is 2.16. The molecule has 0 radical (unpaired) electrons. The van der Waals surface area contributed by atoms with E-state index in [1.165, 1.54) is 13.6 Å². The number of rotatable bonds is 4. The lowest BCUT2D eigenvalue weighted by molar-refractivity contribution is -0.112. The number of ketones is 1. The predicted octanol–water partition coefficient (Wildman–Crippen LogP) is 1.17. The molecule has 96 valence electrons. The molecule has 8 nitrogen and oxygen atoms in total. The van der Waals surface area contributed by atoms with Gasteiger partial charge in [-0.15, -0.1) is 5.10 Å². The highest BCUT2D eigenvalue weighted by Crippen LogP contribution is 2.13. The van der Waals surface area contributed by atoms with Gasteiger partial charge in [-0.2, -0.15) is 4.68 Å². The quantitative estimate of drug-likeness (QED) is 0.497. The summed E-state index contributed by atoms with van der Waals surface area (Å²) >= 11 is 0. The van der Waals surface area contributed by atoms with E-state index in [9.17, 15) is 19.3 Å². The highest BCUT2D eigenvalue weighted by molar-refractivity contribution is 7.43. The van der Waals surface area contributed by atoms with Gasteiger partial charge >= 0.3 is 13.9 Å². The second kappa shape index (κ2) is 6.02. The van der Waals surface area contributed by atoms with Crippen molar-refractivity contribution in [2.75, 3.05) is 13.0 Å². The largest absolute Gasteiger partial charge is 0.504 e. The number of aromatic nitrogens is 3. The predicted molar refractivity (Wildman–Crippen MR) is 61.6 cm³/mol. The van der Waals surface area contributed by atoms with E-state index in [0.29, 0.717) is 0 Å². The van der Waals surface area contributed by atoms with Gasteiger partial charge in [0.1, 0.15) is 13.0 Å². The van der Waals surface area contributed by atoms with Crippen LogP contribution in [0.5, 0.6) is 0 Å². The molecule has 1 heterocycles. The van der Waals surface area contributed by atoms with Gasteiger partial charge < -0.3 is 9.84 Å². The first-order chi connectivity index (χ1) is 8.40. The summed E-state index contributed by atoms with van der Waals surface area (Å²) in [6.45, 7) is 2.66.